The van der Waals surface area contributed by atoms with Gasteiger partial charge in [0.15, 0.2) is 0 Å². The summed E-state index contributed by atoms with van der Waals surface area (Å²) < 4.78 is 0. The van der Waals surface area contributed by atoms with Crippen molar-refractivity contribution in [1.29, 1.82) is 0 Å². The molecule has 136 valence electrons. The van der Waals surface area contributed by atoms with Gasteiger partial charge in [-0.25, -0.2) is 0 Å². The summed E-state index contributed by atoms with van der Waals surface area (Å²) in [7, 11) is 0. The fourth-order valence-electron chi connectivity index (χ4n) is 2.95. The Morgan fingerprint density at radius 3 is 2.42 bits per heavy atom. The first-order valence-corrected chi connectivity index (χ1v) is 8.92. The zero-order valence-corrected chi connectivity index (χ0v) is 15.3. The van der Waals surface area contributed by atoms with E-state index in [1.54, 1.807) is 30.2 Å². The second-order valence-corrected chi connectivity index (χ2v) is 6.66. The van der Waals surface area contributed by atoms with Crippen LogP contribution in [0.4, 0.5) is 5.69 Å². The number of halogens is 1. The lowest BCUT2D eigenvalue weighted by Gasteiger charge is -2.37. The number of aromatic nitrogens is 1. The van der Waals surface area contributed by atoms with Crippen molar-refractivity contribution in [2.75, 3.05) is 31.1 Å². The van der Waals surface area contributed by atoms with E-state index in [1.807, 2.05) is 24.3 Å². The highest BCUT2D eigenvalue weighted by atomic mass is 35.5. The summed E-state index contributed by atoms with van der Waals surface area (Å²) in [5, 5.41) is 3.45. The Hall–Kier alpha value is -2.60. The number of amides is 2. The Kier molecular flexibility index (Phi) is 5.73. The first-order valence-electron chi connectivity index (χ1n) is 8.55. The standard InChI is InChI=1S/C19H21ClN4O2/c1-14(22-18(25)15-3-2-8-21-13-15)19(26)24-11-9-23(10-12-24)17-6-4-16(20)5-7-17/h2-8,13-14H,9-12H2,1H3,(H,22,25)/t14-/m1/s1. The summed E-state index contributed by atoms with van der Waals surface area (Å²) in [5.41, 5.74) is 1.54. The van der Waals surface area contributed by atoms with Gasteiger partial charge in [0.2, 0.25) is 5.91 Å². The predicted molar refractivity (Wildman–Crippen MR) is 101 cm³/mol. The molecule has 0 radical (unpaired) electrons. The van der Waals surface area contributed by atoms with Crippen molar-refractivity contribution in [3.63, 3.8) is 0 Å². The van der Waals surface area contributed by atoms with Crippen molar-refractivity contribution in [2.45, 2.75) is 13.0 Å². The highest BCUT2D eigenvalue weighted by Gasteiger charge is 2.26. The number of anilines is 1. The highest BCUT2D eigenvalue weighted by molar-refractivity contribution is 6.30. The average molecular weight is 373 g/mol. The van der Waals surface area contributed by atoms with Crippen LogP contribution in [0.2, 0.25) is 5.02 Å². The first-order chi connectivity index (χ1) is 12.5. The summed E-state index contributed by atoms with van der Waals surface area (Å²) >= 11 is 5.93. The van der Waals surface area contributed by atoms with Crippen LogP contribution in [-0.2, 0) is 4.79 Å². The van der Waals surface area contributed by atoms with E-state index < -0.39 is 6.04 Å². The van der Waals surface area contributed by atoms with E-state index in [1.165, 1.54) is 6.20 Å². The minimum absolute atomic E-state index is 0.0713. The van der Waals surface area contributed by atoms with E-state index in [9.17, 15) is 9.59 Å². The van der Waals surface area contributed by atoms with Gasteiger partial charge in [0.1, 0.15) is 6.04 Å². The van der Waals surface area contributed by atoms with Gasteiger partial charge in [-0.3, -0.25) is 14.6 Å². The van der Waals surface area contributed by atoms with Crippen LogP contribution in [0.25, 0.3) is 0 Å². The molecule has 0 saturated carbocycles. The van der Waals surface area contributed by atoms with Crippen molar-refractivity contribution in [2.24, 2.45) is 0 Å². The molecule has 2 heterocycles. The van der Waals surface area contributed by atoms with Crippen LogP contribution in [-0.4, -0.2) is 53.9 Å². The van der Waals surface area contributed by atoms with E-state index in [4.69, 9.17) is 11.6 Å². The van der Waals surface area contributed by atoms with Crippen LogP contribution >= 0.6 is 11.6 Å². The monoisotopic (exact) mass is 372 g/mol. The molecule has 1 fully saturated rings. The third kappa shape index (κ3) is 4.32. The number of nitrogens with zero attached hydrogens (tertiary/aromatic N) is 3. The number of hydrogen-bond donors (Lipinski definition) is 1. The van der Waals surface area contributed by atoms with Gasteiger partial charge >= 0.3 is 0 Å². The quantitative estimate of drug-likeness (QED) is 0.893. The molecule has 3 rings (SSSR count). The Labute approximate surface area is 157 Å². The lowest BCUT2D eigenvalue weighted by atomic mass is 10.2. The van der Waals surface area contributed by atoms with E-state index in [0.29, 0.717) is 23.7 Å². The molecule has 1 saturated heterocycles. The fraction of sp³-hybridized carbons (Fsp3) is 0.316. The number of nitrogens with one attached hydrogen (secondary N) is 1. The molecular weight excluding hydrogens is 352 g/mol. The first kappa shape index (κ1) is 18.2. The minimum Gasteiger partial charge on any atom is -0.368 e. The number of carbonyl (C=O) groups is 2. The van der Waals surface area contributed by atoms with Crippen LogP contribution in [0.15, 0.2) is 48.8 Å². The number of hydrogen-bond acceptors (Lipinski definition) is 4. The number of carbonyl (C=O) groups excluding carboxylic acids is 2. The maximum atomic E-state index is 12.6. The van der Waals surface area contributed by atoms with Crippen LogP contribution in [0.1, 0.15) is 17.3 Å². The summed E-state index contributed by atoms with van der Waals surface area (Å²) in [6, 6.07) is 10.5. The molecule has 7 heteroatoms. The number of rotatable bonds is 4. The second-order valence-electron chi connectivity index (χ2n) is 6.23. The van der Waals surface area contributed by atoms with Gasteiger partial charge in [0.25, 0.3) is 5.91 Å². The molecule has 0 unspecified atom stereocenters. The van der Waals surface area contributed by atoms with Gasteiger partial charge in [-0.2, -0.15) is 0 Å². The van der Waals surface area contributed by atoms with Crippen molar-refractivity contribution >= 4 is 29.1 Å². The van der Waals surface area contributed by atoms with Crippen molar-refractivity contribution in [3.05, 3.63) is 59.4 Å². The van der Waals surface area contributed by atoms with Gasteiger partial charge in [-0.1, -0.05) is 11.6 Å². The molecule has 1 N–H and O–H groups in total. The Morgan fingerprint density at radius 2 is 1.81 bits per heavy atom. The SMILES string of the molecule is C[C@@H](NC(=O)c1cccnc1)C(=O)N1CCN(c2ccc(Cl)cc2)CC1. The molecule has 6 nitrogen and oxygen atoms in total. The molecular formula is C19H21ClN4O2. The molecule has 1 aliphatic heterocycles. The number of piperazine rings is 1. The van der Waals surface area contributed by atoms with Crippen LogP contribution in [0, 0.1) is 0 Å². The lowest BCUT2D eigenvalue weighted by Crippen LogP contribution is -2.54. The van der Waals surface area contributed by atoms with Gasteiger partial charge in [-0.15, -0.1) is 0 Å². The van der Waals surface area contributed by atoms with E-state index in [0.717, 1.165) is 18.8 Å². The summed E-state index contributed by atoms with van der Waals surface area (Å²) in [6.45, 7) is 4.44. The molecule has 2 amide bonds. The molecule has 2 aromatic rings. The topological polar surface area (TPSA) is 65.5 Å². The molecule has 0 bridgehead atoms. The zero-order valence-electron chi connectivity index (χ0n) is 14.6. The maximum Gasteiger partial charge on any atom is 0.253 e. The number of pyridine rings is 1. The Bertz CT molecular complexity index is 759. The van der Waals surface area contributed by atoms with Gasteiger partial charge in [0.05, 0.1) is 5.56 Å². The normalized spacial score (nSPS) is 15.5. The molecule has 1 aliphatic rings. The zero-order chi connectivity index (χ0) is 18.5. The van der Waals surface area contributed by atoms with E-state index in [2.05, 4.69) is 15.2 Å². The highest BCUT2D eigenvalue weighted by Crippen LogP contribution is 2.19. The average Bonchev–Trinajstić information content (AvgIpc) is 2.69. The van der Waals surface area contributed by atoms with Crippen molar-refractivity contribution in [1.82, 2.24) is 15.2 Å². The molecule has 0 spiro atoms. The predicted octanol–water partition coefficient (Wildman–Crippen LogP) is 2.20. The third-order valence-electron chi connectivity index (χ3n) is 4.42. The van der Waals surface area contributed by atoms with E-state index >= 15 is 0 Å². The minimum atomic E-state index is -0.579. The van der Waals surface area contributed by atoms with Gasteiger partial charge < -0.3 is 15.1 Å². The largest absolute Gasteiger partial charge is 0.368 e. The van der Waals surface area contributed by atoms with Crippen LogP contribution in [0.3, 0.4) is 0 Å². The lowest BCUT2D eigenvalue weighted by molar-refractivity contribution is -0.133. The maximum absolute atomic E-state index is 12.6. The Balaban J connectivity index is 1.53. The number of benzene rings is 1. The van der Waals surface area contributed by atoms with E-state index in [-0.39, 0.29) is 11.8 Å². The second kappa shape index (κ2) is 8.19. The van der Waals surface area contributed by atoms with Crippen LogP contribution < -0.4 is 10.2 Å². The van der Waals surface area contributed by atoms with Crippen molar-refractivity contribution in [3.8, 4) is 0 Å². The molecule has 26 heavy (non-hydrogen) atoms. The molecule has 0 aliphatic carbocycles. The third-order valence-corrected chi connectivity index (χ3v) is 4.68. The summed E-state index contributed by atoms with van der Waals surface area (Å²) in [6.07, 6.45) is 3.09. The summed E-state index contributed by atoms with van der Waals surface area (Å²) in [4.78, 5) is 32.7. The molecule has 1 atom stereocenters. The van der Waals surface area contributed by atoms with Crippen molar-refractivity contribution < 1.29 is 9.59 Å². The Morgan fingerprint density at radius 1 is 1.12 bits per heavy atom. The summed E-state index contributed by atoms with van der Waals surface area (Å²) in [5.74, 6) is -0.364. The smallest absolute Gasteiger partial charge is 0.253 e. The fourth-order valence-corrected chi connectivity index (χ4v) is 3.08. The van der Waals surface area contributed by atoms with Gasteiger partial charge in [-0.05, 0) is 43.3 Å². The molecule has 1 aromatic heterocycles. The van der Waals surface area contributed by atoms with Gasteiger partial charge in [0, 0.05) is 49.3 Å². The molecule has 1 aromatic carbocycles. The van der Waals surface area contributed by atoms with Crippen LogP contribution in [0.5, 0.6) is 0 Å².